The number of hydrogen-bond donors (Lipinski definition) is 0. The first-order valence-electron chi connectivity index (χ1n) is 8.97. The molecular formula is C19H23F3N2O2. The van der Waals surface area contributed by atoms with E-state index in [-0.39, 0.29) is 23.3 Å². The fourth-order valence-electron chi connectivity index (χ4n) is 3.53. The van der Waals surface area contributed by atoms with E-state index in [0.29, 0.717) is 11.9 Å². The Bertz CT molecular complexity index is 781. The number of nitrogens with zero attached hydrogens (tertiary/aromatic N) is 2. The summed E-state index contributed by atoms with van der Waals surface area (Å²) in [7, 11) is 0. The standard InChI is InChI=1S/C19H23F3N2O2/c1-3-23(4-2)12-15-6-5-9-24(15)18(25)17-10-13-7-8-14(19(20,21)22)11-16(13)26-17/h7-8,10-11,15H,3-6,9,12H2,1-2H3. The first-order chi connectivity index (χ1) is 12.3. The molecule has 4 nitrogen and oxygen atoms in total. The van der Waals surface area contributed by atoms with Crippen LogP contribution in [-0.4, -0.2) is 47.9 Å². The van der Waals surface area contributed by atoms with Crippen molar-refractivity contribution in [3.63, 3.8) is 0 Å². The molecule has 0 saturated carbocycles. The third-order valence-electron chi connectivity index (χ3n) is 5.06. The summed E-state index contributed by atoms with van der Waals surface area (Å²) >= 11 is 0. The molecule has 7 heteroatoms. The molecule has 1 amide bonds. The van der Waals surface area contributed by atoms with E-state index < -0.39 is 11.7 Å². The van der Waals surface area contributed by atoms with Crippen LogP contribution in [-0.2, 0) is 6.18 Å². The summed E-state index contributed by atoms with van der Waals surface area (Å²) in [5.41, 5.74) is -0.693. The zero-order valence-corrected chi connectivity index (χ0v) is 15.0. The fourth-order valence-corrected chi connectivity index (χ4v) is 3.53. The Kier molecular flexibility index (Phi) is 5.27. The summed E-state index contributed by atoms with van der Waals surface area (Å²) in [6.07, 6.45) is -2.58. The minimum atomic E-state index is -4.44. The Labute approximate surface area is 150 Å². The van der Waals surface area contributed by atoms with Crippen molar-refractivity contribution in [1.29, 1.82) is 0 Å². The zero-order chi connectivity index (χ0) is 18.9. The van der Waals surface area contributed by atoms with Crippen LogP contribution in [0.25, 0.3) is 11.0 Å². The maximum atomic E-state index is 12.9. The lowest BCUT2D eigenvalue weighted by Crippen LogP contribution is -2.43. The molecule has 3 rings (SSSR count). The number of halogens is 3. The van der Waals surface area contributed by atoms with Crippen LogP contribution < -0.4 is 0 Å². The Balaban J connectivity index is 1.82. The molecule has 0 N–H and O–H groups in total. The molecule has 26 heavy (non-hydrogen) atoms. The molecule has 2 heterocycles. The van der Waals surface area contributed by atoms with E-state index in [2.05, 4.69) is 18.7 Å². The maximum absolute atomic E-state index is 12.9. The normalized spacial score (nSPS) is 18.2. The van der Waals surface area contributed by atoms with Crippen LogP contribution >= 0.6 is 0 Å². The Morgan fingerprint density at radius 1 is 1.27 bits per heavy atom. The van der Waals surface area contributed by atoms with Crippen LogP contribution in [0.5, 0.6) is 0 Å². The highest BCUT2D eigenvalue weighted by Crippen LogP contribution is 2.33. The van der Waals surface area contributed by atoms with Crippen LogP contribution in [0.1, 0.15) is 42.8 Å². The van der Waals surface area contributed by atoms with Crippen molar-refractivity contribution in [1.82, 2.24) is 9.80 Å². The number of carbonyl (C=O) groups is 1. The fraction of sp³-hybridized carbons (Fsp3) is 0.526. The largest absolute Gasteiger partial charge is 0.451 e. The molecular weight excluding hydrogens is 345 g/mol. The number of rotatable bonds is 5. The van der Waals surface area contributed by atoms with E-state index in [1.165, 1.54) is 12.1 Å². The van der Waals surface area contributed by atoms with Gasteiger partial charge in [0.2, 0.25) is 0 Å². The minimum absolute atomic E-state index is 0.0858. The number of alkyl halides is 3. The van der Waals surface area contributed by atoms with Crippen LogP contribution in [0.4, 0.5) is 13.2 Å². The summed E-state index contributed by atoms with van der Waals surface area (Å²) in [6, 6.07) is 4.94. The summed E-state index contributed by atoms with van der Waals surface area (Å²) < 4.78 is 44.0. The minimum Gasteiger partial charge on any atom is -0.451 e. The molecule has 0 aliphatic carbocycles. The summed E-state index contributed by atoms with van der Waals surface area (Å²) in [6.45, 7) is 7.46. The van der Waals surface area contributed by atoms with Gasteiger partial charge < -0.3 is 14.2 Å². The second kappa shape index (κ2) is 7.31. The molecule has 1 aliphatic rings. The number of amides is 1. The highest BCUT2D eigenvalue weighted by atomic mass is 19.4. The van der Waals surface area contributed by atoms with Crippen molar-refractivity contribution < 1.29 is 22.4 Å². The summed E-state index contributed by atoms with van der Waals surface area (Å²) in [5.74, 6) is -0.143. The third-order valence-corrected chi connectivity index (χ3v) is 5.06. The molecule has 0 radical (unpaired) electrons. The number of hydrogen-bond acceptors (Lipinski definition) is 3. The van der Waals surface area contributed by atoms with Crippen LogP contribution in [0.15, 0.2) is 28.7 Å². The molecule has 1 saturated heterocycles. The number of likely N-dealkylation sites (N-methyl/N-ethyl adjacent to an activating group) is 1. The van der Waals surface area contributed by atoms with Crippen LogP contribution in [0, 0.1) is 0 Å². The van der Waals surface area contributed by atoms with Gasteiger partial charge in [-0.1, -0.05) is 19.9 Å². The van der Waals surface area contributed by atoms with Crippen molar-refractivity contribution in [2.45, 2.75) is 38.9 Å². The van der Waals surface area contributed by atoms with Crippen molar-refractivity contribution in [3.05, 3.63) is 35.6 Å². The first-order valence-corrected chi connectivity index (χ1v) is 8.97. The average Bonchev–Trinajstić information content (AvgIpc) is 3.24. The number of fused-ring (bicyclic) bond motifs is 1. The Morgan fingerprint density at radius 2 is 2.00 bits per heavy atom. The van der Waals surface area contributed by atoms with Gasteiger partial charge in [-0.2, -0.15) is 13.2 Å². The summed E-state index contributed by atoms with van der Waals surface area (Å²) in [5, 5.41) is 0.501. The molecule has 0 bridgehead atoms. The average molecular weight is 368 g/mol. The molecule has 1 aromatic carbocycles. The predicted molar refractivity (Wildman–Crippen MR) is 93.1 cm³/mol. The van der Waals surface area contributed by atoms with Crippen molar-refractivity contribution in [3.8, 4) is 0 Å². The van der Waals surface area contributed by atoms with E-state index in [1.54, 1.807) is 4.90 Å². The molecule has 0 spiro atoms. The molecule has 1 atom stereocenters. The van der Waals surface area contributed by atoms with Crippen LogP contribution in [0.3, 0.4) is 0 Å². The molecule has 1 fully saturated rings. The SMILES string of the molecule is CCN(CC)CC1CCCN1C(=O)c1cc2ccc(C(F)(F)F)cc2o1. The van der Waals surface area contributed by atoms with E-state index in [0.717, 1.165) is 44.6 Å². The molecule has 142 valence electrons. The van der Waals surface area contributed by atoms with E-state index in [9.17, 15) is 18.0 Å². The monoisotopic (exact) mass is 368 g/mol. The van der Waals surface area contributed by atoms with Gasteiger partial charge in [-0.3, -0.25) is 4.79 Å². The molecule has 2 aromatic rings. The number of carbonyl (C=O) groups excluding carboxylic acids is 1. The molecule has 1 unspecified atom stereocenters. The van der Waals surface area contributed by atoms with E-state index >= 15 is 0 Å². The second-order valence-electron chi connectivity index (χ2n) is 6.64. The van der Waals surface area contributed by atoms with Gasteiger partial charge in [0.25, 0.3) is 5.91 Å². The van der Waals surface area contributed by atoms with Crippen LogP contribution in [0.2, 0.25) is 0 Å². The van der Waals surface area contributed by atoms with Crippen molar-refractivity contribution >= 4 is 16.9 Å². The van der Waals surface area contributed by atoms with Gasteiger partial charge in [0, 0.05) is 24.5 Å². The maximum Gasteiger partial charge on any atom is 0.416 e. The van der Waals surface area contributed by atoms with Gasteiger partial charge in [-0.15, -0.1) is 0 Å². The lowest BCUT2D eigenvalue weighted by molar-refractivity contribution is -0.137. The molecule has 1 aliphatic heterocycles. The number of benzene rings is 1. The topological polar surface area (TPSA) is 36.7 Å². The smallest absolute Gasteiger partial charge is 0.416 e. The Hall–Kier alpha value is -2.02. The van der Waals surface area contributed by atoms with Gasteiger partial charge in [0.15, 0.2) is 5.76 Å². The molecule has 1 aromatic heterocycles. The highest BCUT2D eigenvalue weighted by Gasteiger charge is 2.33. The highest BCUT2D eigenvalue weighted by molar-refractivity contribution is 5.96. The van der Waals surface area contributed by atoms with Gasteiger partial charge >= 0.3 is 6.18 Å². The van der Waals surface area contributed by atoms with Gasteiger partial charge in [0.05, 0.1) is 5.56 Å². The van der Waals surface area contributed by atoms with Crippen molar-refractivity contribution in [2.24, 2.45) is 0 Å². The zero-order valence-electron chi connectivity index (χ0n) is 15.0. The van der Waals surface area contributed by atoms with Gasteiger partial charge in [0.1, 0.15) is 5.58 Å². The summed E-state index contributed by atoms with van der Waals surface area (Å²) in [4.78, 5) is 16.9. The third kappa shape index (κ3) is 3.72. The van der Waals surface area contributed by atoms with Crippen molar-refractivity contribution in [2.75, 3.05) is 26.2 Å². The first kappa shape index (κ1) is 18.8. The predicted octanol–water partition coefficient (Wildman–Crippen LogP) is 4.40. The van der Waals surface area contributed by atoms with E-state index in [1.807, 2.05) is 0 Å². The van der Waals surface area contributed by atoms with Gasteiger partial charge in [-0.05, 0) is 44.1 Å². The Morgan fingerprint density at radius 3 is 2.65 bits per heavy atom. The van der Waals surface area contributed by atoms with E-state index in [4.69, 9.17) is 4.42 Å². The quantitative estimate of drug-likeness (QED) is 0.785. The lowest BCUT2D eigenvalue weighted by atomic mass is 10.1. The lowest BCUT2D eigenvalue weighted by Gasteiger charge is -2.29. The number of furan rings is 1. The van der Waals surface area contributed by atoms with Gasteiger partial charge in [-0.25, -0.2) is 0 Å². The number of likely N-dealkylation sites (tertiary alicyclic amines) is 1. The second-order valence-corrected chi connectivity index (χ2v) is 6.64.